The molecule has 1 atom stereocenters. The van der Waals surface area contributed by atoms with Gasteiger partial charge in [-0.3, -0.25) is 4.79 Å². The van der Waals surface area contributed by atoms with Crippen molar-refractivity contribution in [3.63, 3.8) is 0 Å². The predicted molar refractivity (Wildman–Crippen MR) is 71.4 cm³/mol. The number of carboxylic acid groups (broad SMARTS) is 1. The van der Waals surface area contributed by atoms with Crippen LogP contribution in [0, 0.1) is 0 Å². The van der Waals surface area contributed by atoms with Crippen LogP contribution in [0.2, 0.25) is 0 Å². The minimum Gasteiger partial charge on any atom is -0.480 e. The Hall–Kier alpha value is -0.400. The van der Waals surface area contributed by atoms with Crippen molar-refractivity contribution in [2.75, 3.05) is 6.54 Å². The number of carboxylic acids is 1. The lowest BCUT2D eigenvalue weighted by atomic mass is 10.2. The van der Waals surface area contributed by atoms with Crippen LogP contribution >= 0.6 is 43.2 Å². The van der Waals surface area contributed by atoms with Crippen LogP contribution in [-0.4, -0.2) is 34.5 Å². The number of hydrogen-bond donors (Lipinski definition) is 1. The second-order valence-electron chi connectivity index (χ2n) is 3.73. The average Bonchev–Trinajstić information content (AvgIpc) is 2.85. The lowest BCUT2D eigenvalue weighted by Gasteiger charge is -2.20. The van der Waals surface area contributed by atoms with E-state index in [1.165, 1.54) is 16.2 Å². The van der Waals surface area contributed by atoms with E-state index in [9.17, 15) is 9.59 Å². The molecule has 1 unspecified atom stereocenters. The van der Waals surface area contributed by atoms with Crippen LogP contribution in [0.25, 0.3) is 0 Å². The number of hydrogen-bond acceptors (Lipinski definition) is 3. The second-order valence-corrected chi connectivity index (χ2v) is 6.95. The van der Waals surface area contributed by atoms with Crippen molar-refractivity contribution in [2.24, 2.45) is 0 Å². The number of rotatable bonds is 2. The van der Waals surface area contributed by atoms with E-state index in [2.05, 4.69) is 31.9 Å². The Morgan fingerprint density at radius 2 is 2.18 bits per heavy atom. The van der Waals surface area contributed by atoms with Gasteiger partial charge < -0.3 is 10.0 Å². The van der Waals surface area contributed by atoms with Gasteiger partial charge in [0.15, 0.2) is 0 Å². The number of likely N-dealkylation sites (tertiary alicyclic amines) is 1. The van der Waals surface area contributed by atoms with Gasteiger partial charge in [-0.25, -0.2) is 4.79 Å². The summed E-state index contributed by atoms with van der Waals surface area (Å²) in [7, 11) is 0. The van der Waals surface area contributed by atoms with Crippen LogP contribution in [0.4, 0.5) is 0 Å². The molecule has 1 N–H and O–H groups in total. The van der Waals surface area contributed by atoms with Crippen molar-refractivity contribution in [1.82, 2.24) is 4.90 Å². The molecule has 1 saturated heterocycles. The van der Waals surface area contributed by atoms with Crippen LogP contribution in [0.5, 0.6) is 0 Å². The molecule has 1 fully saturated rings. The maximum absolute atomic E-state index is 12.2. The third-order valence-corrected chi connectivity index (χ3v) is 5.90. The molecule has 17 heavy (non-hydrogen) atoms. The number of carbonyl (C=O) groups is 2. The summed E-state index contributed by atoms with van der Waals surface area (Å²) < 4.78 is 1.66. The van der Waals surface area contributed by atoms with Crippen LogP contribution in [0.1, 0.15) is 22.5 Å². The van der Waals surface area contributed by atoms with E-state index >= 15 is 0 Å². The molecule has 1 aromatic rings. The Morgan fingerprint density at radius 1 is 1.47 bits per heavy atom. The first-order valence-corrected chi connectivity index (χ1v) is 7.39. The first-order chi connectivity index (χ1) is 8.00. The van der Waals surface area contributed by atoms with Crippen molar-refractivity contribution in [1.29, 1.82) is 0 Å². The molecule has 0 radical (unpaired) electrons. The lowest BCUT2D eigenvalue weighted by Crippen LogP contribution is -2.40. The van der Waals surface area contributed by atoms with Crippen molar-refractivity contribution >= 4 is 55.1 Å². The molecular weight excluding hydrogens is 374 g/mol. The fraction of sp³-hybridized carbons (Fsp3) is 0.400. The molecule has 4 nitrogen and oxygen atoms in total. The van der Waals surface area contributed by atoms with E-state index in [4.69, 9.17) is 5.11 Å². The molecule has 7 heteroatoms. The molecule has 0 spiro atoms. The highest BCUT2D eigenvalue weighted by Gasteiger charge is 2.35. The van der Waals surface area contributed by atoms with Gasteiger partial charge >= 0.3 is 5.97 Å². The largest absolute Gasteiger partial charge is 0.480 e. The molecule has 2 heterocycles. The second kappa shape index (κ2) is 5.07. The summed E-state index contributed by atoms with van der Waals surface area (Å²) in [6, 6.07) is 1.04. The molecule has 0 aliphatic carbocycles. The van der Waals surface area contributed by atoms with Gasteiger partial charge in [0.2, 0.25) is 0 Å². The zero-order chi connectivity index (χ0) is 12.6. The monoisotopic (exact) mass is 381 g/mol. The number of carbonyl (C=O) groups excluding carboxylic acids is 1. The summed E-state index contributed by atoms with van der Waals surface area (Å²) in [5.74, 6) is -1.13. The van der Waals surface area contributed by atoms with E-state index in [0.717, 1.165) is 14.7 Å². The smallest absolute Gasteiger partial charge is 0.326 e. The van der Waals surface area contributed by atoms with Crippen LogP contribution < -0.4 is 0 Å². The summed E-state index contributed by atoms with van der Waals surface area (Å²) in [6.45, 7) is 0.517. The molecule has 0 saturated carbocycles. The summed E-state index contributed by atoms with van der Waals surface area (Å²) in [5.41, 5.74) is 0. The zero-order valence-electron chi connectivity index (χ0n) is 8.65. The van der Waals surface area contributed by atoms with E-state index in [-0.39, 0.29) is 5.91 Å². The average molecular weight is 383 g/mol. The highest BCUT2D eigenvalue weighted by molar-refractivity contribution is 9.13. The van der Waals surface area contributed by atoms with Crippen molar-refractivity contribution in [3.8, 4) is 0 Å². The van der Waals surface area contributed by atoms with Crippen LogP contribution in [-0.2, 0) is 4.79 Å². The first-order valence-electron chi connectivity index (χ1n) is 4.99. The minimum absolute atomic E-state index is 0.202. The molecule has 2 rings (SSSR count). The van der Waals surface area contributed by atoms with Crippen LogP contribution in [0.3, 0.4) is 0 Å². The quantitative estimate of drug-likeness (QED) is 0.855. The standard InChI is InChI=1S/C10H9Br2NO3S/c11-5-4-7(17-8(5)12)9(14)13-3-1-2-6(13)10(15)16/h4,6H,1-3H2,(H,15,16). The van der Waals surface area contributed by atoms with Gasteiger partial charge in [-0.1, -0.05) is 0 Å². The Kier molecular flexibility index (Phi) is 3.89. The highest BCUT2D eigenvalue weighted by atomic mass is 79.9. The maximum Gasteiger partial charge on any atom is 0.326 e. The molecule has 1 amide bonds. The first kappa shape index (κ1) is 13.0. The number of thiophene rings is 1. The SMILES string of the molecule is O=C(O)C1CCCN1C(=O)c1cc(Br)c(Br)s1. The summed E-state index contributed by atoms with van der Waals surface area (Å²) in [6.07, 6.45) is 1.28. The summed E-state index contributed by atoms with van der Waals surface area (Å²) >= 11 is 7.94. The van der Waals surface area contributed by atoms with E-state index < -0.39 is 12.0 Å². The van der Waals surface area contributed by atoms with Gasteiger partial charge in [-0.05, 0) is 50.8 Å². The Balaban J connectivity index is 2.22. The molecule has 0 bridgehead atoms. The highest BCUT2D eigenvalue weighted by Crippen LogP contribution is 2.34. The molecule has 0 aromatic carbocycles. The van der Waals surface area contributed by atoms with Gasteiger partial charge in [0.1, 0.15) is 6.04 Å². The normalized spacial score (nSPS) is 19.6. The molecule has 1 aromatic heterocycles. The van der Waals surface area contributed by atoms with E-state index in [1.807, 2.05) is 0 Å². The van der Waals surface area contributed by atoms with E-state index in [0.29, 0.717) is 17.8 Å². The number of amides is 1. The third kappa shape index (κ3) is 2.56. The van der Waals surface area contributed by atoms with Gasteiger partial charge in [-0.15, -0.1) is 11.3 Å². The molecule has 92 valence electrons. The van der Waals surface area contributed by atoms with Crippen molar-refractivity contribution < 1.29 is 14.7 Å². The number of aliphatic carboxylic acids is 1. The molecule has 1 aliphatic heterocycles. The maximum atomic E-state index is 12.2. The molecular formula is C10H9Br2NO3S. The van der Waals surface area contributed by atoms with Crippen LogP contribution in [0.15, 0.2) is 14.3 Å². The zero-order valence-corrected chi connectivity index (χ0v) is 12.6. The van der Waals surface area contributed by atoms with Crippen molar-refractivity contribution in [3.05, 3.63) is 19.2 Å². The Bertz CT molecular complexity index is 455. The summed E-state index contributed by atoms with van der Waals surface area (Å²) in [4.78, 5) is 25.2. The predicted octanol–water partition coefficient (Wildman–Crippen LogP) is 2.96. The fourth-order valence-corrected chi connectivity index (χ4v) is 3.85. The Labute approximate surface area is 119 Å². The number of halogens is 2. The van der Waals surface area contributed by atoms with Crippen molar-refractivity contribution in [2.45, 2.75) is 18.9 Å². The Morgan fingerprint density at radius 3 is 2.71 bits per heavy atom. The van der Waals surface area contributed by atoms with Gasteiger partial charge in [-0.2, -0.15) is 0 Å². The number of nitrogens with zero attached hydrogens (tertiary/aromatic N) is 1. The fourth-order valence-electron chi connectivity index (χ4n) is 1.86. The minimum atomic E-state index is -0.925. The molecule has 1 aliphatic rings. The summed E-state index contributed by atoms with van der Waals surface area (Å²) in [5, 5.41) is 9.03. The lowest BCUT2D eigenvalue weighted by molar-refractivity contribution is -0.141. The van der Waals surface area contributed by atoms with Gasteiger partial charge in [0, 0.05) is 11.0 Å². The third-order valence-electron chi connectivity index (χ3n) is 2.65. The van der Waals surface area contributed by atoms with E-state index in [1.54, 1.807) is 6.07 Å². The van der Waals surface area contributed by atoms with Gasteiger partial charge in [0.25, 0.3) is 5.91 Å². The topological polar surface area (TPSA) is 57.6 Å². The van der Waals surface area contributed by atoms with Gasteiger partial charge in [0.05, 0.1) is 8.66 Å².